The number of aromatic amines is 1. The van der Waals surface area contributed by atoms with Crippen molar-refractivity contribution in [2.24, 2.45) is 0 Å². The zero-order valence-corrected chi connectivity index (χ0v) is 19.6. The number of rotatable bonds is 3. The number of aryl methyl sites for hydroxylation is 2. The fraction of sp³-hybridized carbons (Fsp3) is 0.115. The van der Waals surface area contributed by atoms with E-state index < -0.39 is 17.7 Å². The van der Waals surface area contributed by atoms with Gasteiger partial charge in [-0.15, -0.1) is 0 Å². The summed E-state index contributed by atoms with van der Waals surface area (Å²) in [6.45, 7) is 3.83. The maximum Gasteiger partial charge on any atom is 0.302 e. The number of aromatic nitrogens is 2. The van der Waals surface area contributed by atoms with Gasteiger partial charge in [0.05, 0.1) is 22.6 Å². The highest BCUT2D eigenvalue weighted by Crippen LogP contribution is 2.42. The lowest BCUT2D eigenvalue weighted by Gasteiger charge is -2.23. The molecule has 6 nitrogen and oxygen atoms in total. The fourth-order valence-electron chi connectivity index (χ4n) is 4.21. The molecule has 0 spiro atoms. The summed E-state index contributed by atoms with van der Waals surface area (Å²) in [5.74, 6) is -1.44. The average Bonchev–Trinajstić information content (AvgIpc) is 3.34. The Morgan fingerprint density at radius 2 is 1.82 bits per heavy atom. The first-order valence-electron chi connectivity index (χ1n) is 10.4. The summed E-state index contributed by atoms with van der Waals surface area (Å²) in [4.78, 5) is 35.6. The highest BCUT2D eigenvalue weighted by Gasteiger charge is 2.48. The number of nitrogens with one attached hydrogen (secondary N) is 1. The molecule has 0 bridgehead atoms. The normalized spacial score (nSPS) is 17.8. The minimum atomic E-state index is -0.825. The molecule has 2 N–H and O–H groups in total. The van der Waals surface area contributed by atoms with E-state index in [1.807, 2.05) is 62.4 Å². The number of carbonyl (C=O) groups excluding carboxylic acids is 2. The average molecular weight is 502 g/mol. The molecule has 1 atom stereocenters. The first kappa shape index (κ1) is 21.2. The van der Waals surface area contributed by atoms with Crippen molar-refractivity contribution in [3.8, 4) is 0 Å². The summed E-state index contributed by atoms with van der Waals surface area (Å²) >= 11 is 3.46. The molecule has 164 valence electrons. The summed E-state index contributed by atoms with van der Waals surface area (Å²) < 4.78 is 0.886. The van der Waals surface area contributed by atoms with E-state index in [1.165, 1.54) is 4.90 Å². The van der Waals surface area contributed by atoms with Crippen molar-refractivity contribution in [3.63, 3.8) is 0 Å². The molecule has 1 aliphatic heterocycles. The number of benzene rings is 3. The Hall–Kier alpha value is -3.71. The van der Waals surface area contributed by atoms with Crippen molar-refractivity contribution in [2.45, 2.75) is 19.9 Å². The fourth-order valence-corrected chi connectivity index (χ4v) is 4.45. The van der Waals surface area contributed by atoms with E-state index in [2.05, 4.69) is 25.9 Å². The predicted octanol–water partition coefficient (Wildman–Crippen LogP) is 5.57. The molecule has 5 rings (SSSR count). The van der Waals surface area contributed by atoms with Crippen LogP contribution in [-0.4, -0.2) is 26.8 Å². The SMILES string of the molecule is Cc1cccc(C2/C(=C(\O)c3ccc(Br)c(C)c3)C(=O)C(=O)N2c2nc3ccccc3[nH]2)c1. The number of imidazole rings is 1. The van der Waals surface area contributed by atoms with Crippen molar-refractivity contribution >= 4 is 50.4 Å². The van der Waals surface area contributed by atoms with Crippen molar-refractivity contribution in [3.05, 3.63) is 99.0 Å². The zero-order chi connectivity index (χ0) is 23.3. The van der Waals surface area contributed by atoms with Crippen LogP contribution < -0.4 is 4.90 Å². The molecule has 7 heteroatoms. The van der Waals surface area contributed by atoms with Gasteiger partial charge in [-0.3, -0.25) is 14.5 Å². The third-order valence-corrected chi connectivity index (χ3v) is 6.73. The van der Waals surface area contributed by atoms with Gasteiger partial charge in [-0.25, -0.2) is 4.98 Å². The number of amides is 1. The minimum Gasteiger partial charge on any atom is -0.507 e. The van der Waals surface area contributed by atoms with Gasteiger partial charge in [0.1, 0.15) is 5.76 Å². The van der Waals surface area contributed by atoms with Crippen molar-refractivity contribution in [1.82, 2.24) is 9.97 Å². The Morgan fingerprint density at radius 1 is 1.03 bits per heavy atom. The van der Waals surface area contributed by atoms with Gasteiger partial charge in [-0.1, -0.05) is 64.0 Å². The molecule has 3 aromatic carbocycles. The van der Waals surface area contributed by atoms with Crippen LogP contribution in [0.3, 0.4) is 0 Å². The molecule has 1 amide bonds. The number of ketones is 1. The number of carbonyl (C=O) groups is 2. The lowest BCUT2D eigenvalue weighted by molar-refractivity contribution is -0.132. The van der Waals surface area contributed by atoms with Crippen LogP contribution >= 0.6 is 15.9 Å². The van der Waals surface area contributed by atoms with Crippen LogP contribution in [0.2, 0.25) is 0 Å². The number of aliphatic hydroxyl groups is 1. The quantitative estimate of drug-likeness (QED) is 0.218. The number of fused-ring (bicyclic) bond motifs is 1. The van der Waals surface area contributed by atoms with E-state index in [-0.39, 0.29) is 17.3 Å². The van der Waals surface area contributed by atoms with Gasteiger partial charge >= 0.3 is 5.91 Å². The maximum absolute atomic E-state index is 13.3. The zero-order valence-electron chi connectivity index (χ0n) is 18.0. The first-order chi connectivity index (χ1) is 15.8. The van der Waals surface area contributed by atoms with E-state index in [1.54, 1.807) is 18.2 Å². The van der Waals surface area contributed by atoms with Gasteiger partial charge < -0.3 is 10.1 Å². The third-order valence-electron chi connectivity index (χ3n) is 5.84. The second kappa shape index (κ2) is 8.01. The molecule has 0 aliphatic carbocycles. The van der Waals surface area contributed by atoms with Crippen LogP contribution in [0.5, 0.6) is 0 Å². The Kier molecular flexibility index (Phi) is 5.13. The van der Waals surface area contributed by atoms with E-state index in [0.717, 1.165) is 21.1 Å². The van der Waals surface area contributed by atoms with Gasteiger partial charge in [0.15, 0.2) is 0 Å². The van der Waals surface area contributed by atoms with Crippen molar-refractivity contribution in [1.29, 1.82) is 0 Å². The number of anilines is 1. The first-order valence-corrected chi connectivity index (χ1v) is 11.2. The molecule has 4 aromatic rings. The van der Waals surface area contributed by atoms with Gasteiger partial charge in [0, 0.05) is 10.0 Å². The van der Waals surface area contributed by atoms with Gasteiger partial charge in [-0.2, -0.15) is 0 Å². The number of hydrogen-bond donors (Lipinski definition) is 2. The number of halogens is 1. The van der Waals surface area contributed by atoms with Gasteiger partial charge in [0.2, 0.25) is 5.95 Å². The summed E-state index contributed by atoms with van der Waals surface area (Å²) in [6.07, 6.45) is 0. The monoisotopic (exact) mass is 501 g/mol. The maximum atomic E-state index is 13.3. The highest BCUT2D eigenvalue weighted by molar-refractivity contribution is 9.10. The molecule has 33 heavy (non-hydrogen) atoms. The molecule has 1 saturated heterocycles. The molecule has 2 heterocycles. The number of H-pyrrole nitrogens is 1. The highest BCUT2D eigenvalue weighted by atomic mass is 79.9. The Balaban J connectivity index is 1.75. The van der Waals surface area contributed by atoms with Crippen molar-refractivity contribution in [2.75, 3.05) is 4.90 Å². The number of nitrogens with zero attached hydrogens (tertiary/aromatic N) is 2. The number of hydrogen-bond acceptors (Lipinski definition) is 4. The second-order valence-corrected chi connectivity index (χ2v) is 8.98. The van der Waals surface area contributed by atoms with Crippen LogP contribution in [-0.2, 0) is 9.59 Å². The molecule has 1 aromatic heterocycles. The smallest absolute Gasteiger partial charge is 0.302 e. The van der Waals surface area contributed by atoms with Crippen molar-refractivity contribution < 1.29 is 14.7 Å². The molecule has 1 fully saturated rings. The van der Waals surface area contributed by atoms with Crippen LogP contribution in [0.4, 0.5) is 5.95 Å². The lowest BCUT2D eigenvalue weighted by atomic mass is 9.94. The minimum absolute atomic E-state index is 0.0350. The Labute approximate surface area is 198 Å². The number of Topliss-reactive ketones (excluding diaryl/α,β-unsaturated/α-hetero) is 1. The number of aliphatic hydroxyl groups excluding tert-OH is 1. The van der Waals surface area contributed by atoms with E-state index in [9.17, 15) is 14.7 Å². The summed E-state index contributed by atoms with van der Waals surface area (Å²) in [6, 6.07) is 19.5. The molecular formula is C26H20BrN3O3. The lowest BCUT2D eigenvalue weighted by Crippen LogP contribution is -2.30. The molecule has 0 saturated carbocycles. The summed E-state index contributed by atoms with van der Waals surface area (Å²) in [5.41, 5.74) is 4.52. The summed E-state index contributed by atoms with van der Waals surface area (Å²) in [5, 5.41) is 11.3. The van der Waals surface area contributed by atoms with E-state index in [0.29, 0.717) is 16.6 Å². The molecule has 1 unspecified atom stereocenters. The molecular weight excluding hydrogens is 482 g/mol. The topological polar surface area (TPSA) is 86.3 Å². The van der Waals surface area contributed by atoms with Crippen LogP contribution in [0, 0.1) is 13.8 Å². The summed E-state index contributed by atoms with van der Waals surface area (Å²) in [7, 11) is 0. The molecule has 1 aliphatic rings. The molecule has 0 radical (unpaired) electrons. The van der Waals surface area contributed by atoms with Crippen LogP contribution in [0.1, 0.15) is 28.3 Å². The second-order valence-electron chi connectivity index (χ2n) is 8.12. The van der Waals surface area contributed by atoms with Crippen LogP contribution in [0.25, 0.3) is 16.8 Å². The standard InChI is InChI=1S/C26H20BrN3O3/c1-14-6-5-7-16(12-14)22-21(23(31)17-10-11-18(27)15(2)13-17)24(32)25(33)30(22)26-28-19-8-3-4-9-20(19)29-26/h3-13,22,31H,1-2H3,(H,28,29)/b23-21+. The Morgan fingerprint density at radius 3 is 2.55 bits per heavy atom. The van der Waals surface area contributed by atoms with E-state index >= 15 is 0 Å². The van der Waals surface area contributed by atoms with Crippen LogP contribution in [0.15, 0.2) is 76.8 Å². The van der Waals surface area contributed by atoms with Gasteiger partial charge in [-0.05, 0) is 49.2 Å². The largest absolute Gasteiger partial charge is 0.507 e. The predicted molar refractivity (Wildman–Crippen MR) is 131 cm³/mol. The van der Waals surface area contributed by atoms with Gasteiger partial charge in [0.25, 0.3) is 5.78 Å². The third kappa shape index (κ3) is 3.54. The Bertz CT molecular complexity index is 1440. The number of para-hydroxylation sites is 2. The van der Waals surface area contributed by atoms with E-state index in [4.69, 9.17) is 0 Å².